The summed E-state index contributed by atoms with van der Waals surface area (Å²) >= 11 is 11.7. The molecule has 0 aromatic heterocycles. The number of allylic oxidation sites excluding steroid dienone is 2. The van der Waals surface area contributed by atoms with Gasteiger partial charge in [0.25, 0.3) is 5.91 Å². The molecule has 0 spiro atoms. The Bertz CT molecular complexity index is 572. The highest BCUT2D eigenvalue weighted by Gasteiger charge is 2.16. The number of rotatable bonds is 5. The van der Waals surface area contributed by atoms with Gasteiger partial charge in [0.05, 0.1) is 17.1 Å². The number of hydrogen-bond acceptors (Lipinski definition) is 3. The van der Waals surface area contributed by atoms with Crippen LogP contribution in [0.15, 0.2) is 30.4 Å². The molecule has 1 aliphatic carbocycles. The summed E-state index contributed by atoms with van der Waals surface area (Å²) in [4.78, 5) is 23.3. The minimum Gasteiger partial charge on any atom is -0.456 e. The zero-order chi connectivity index (χ0) is 15.2. The molecule has 2 rings (SSSR count). The lowest BCUT2D eigenvalue weighted by molar-refractivity contribution is -0.147. The van der Waals surface area contributed by atoms with Crippen LogP contribution in [-0.4, -0.2) is 18.5 Å². The Balaban J connectivity index is 1.76. The van der Waals surface area contributed by atoms with E-state index in [9.17, 15) is 9.59 Å². The SMILES string of the molecule is O=C(COC(=O)C[C@@H]1C=CCC1)Nc1ccc(Cl)cc1Cl. The summed E-state index contributed by atoms with van der Waals surface area (Å²) in [6.45, 7) is -0.325. The van der Waals surface area contributed by atoms with Crippen LogP contribution in [0, 0.1) is 5.92 Å². The van der Waals surface area contributed by atoms with Crippen LogP contribution in [0.5, 0.6) is 0 Å². The zero-order valence-corrected chi connectivity index (χ0v) is 12.8. The molecule has 1 aromatic rings. The molecule has 6 heteroatoms. The number of hydrogen-bond donors (Lipinski definition) is 1. The van der Waals surface area contributed by atoms with E-state index < -0.39 is 5.91 Å². The molecule has 112 valence electrons. The van der Waals surface area contributed by atoms with Crippen LogP contribution in [0.2, 0.25) is 10.0 Å². The predicted octanol–water partition coefficient (Wildman–Crippen LogP) is 3.83. The monoisotopic (exact) mass is 327 g/mol. The van der Waals surface area contributed by atoms with Crippen LogP contribution >= 0.6 is 23.2 Å². The number of amides is 1. The minimum absolute atomic E-state index is 0.228. The van der Waals surface area contributed by atoms with E-state index in [-0.39, 0.29) is 18.5 Å². The standard InChI is InChI=1S/C15H15Cl2NO3/c16-11-5-6-13(12(17)8-11)18-14(19)9-21-15(20)7-10-3-1-2-4-10/h1,3,5-6,8,10H,2,4,7,9H2,(H,18,19)/t10-/m1/s1. The molecule has 0 fully saturated rings. The molecule has 0 saturated heterocycles. The number of esters is 1. The average molecular weight is 328 g/mol. The first-order valence-corrected chi connectivity index (χ1v) is 7.37. The molecule has 0 saturated carbocycles. The second kappa shape index (κ2) is 7.48. The molecule has 21 heavy (non-hydrogen) atoms. The molecule has 1 aliphatic rings. The Hall–Kier alpha value is -1.52. The van der Waals surface area contributed by atoms with Gasteiger partial charge in [-0.15, -0.1) is 0 Å². The van der Waals surface area contributed by atoms with Crippen molar-refractivity contribution in [2.75, 3.05) is 11.9 Å². The highest BCUT2D eigenvalue weighted by Crippen LogP contribution is 2.25. The molecular formula is C15H15Cl2NO3. The first kappa shape index (κ1) is 15.9. The Morgan fingerprint density at radius 3 is 2.81 bits per heavy atom. The summed E-state index contributed by atoms with van der Waals surface area (Å²) in [5, 5.41) is 3.38. The third kappa shape index (κ3) is 5.06. The summed E-state index contributed by atoms with van der Waals surface area (Å²) < 4.78 is 4.95. The molecule has 0 radical (unpaired) electrons. The second-order valence-corrected chi connectivity index (χ2v) is 5.65. The molecule has 1 N–H and O–H groups in total. The fourth-order valence-electron chi connectivity index (χ4n) is 2.06. The number of nitrogens with one attached hydrogen (secondary N) is 1. The van der Waals surface area contributed by atoms with Crippen LogP contribution in [0.1, 0.15) is 19.3 Å². The van der Waals surface area contributed by atoms with Gasteiger partial charge in [-0.25, -0.2) is 0 Å². The number of carbonyl (C=O) groups excluding carboxylic acids is 2. The van der Waals surface area contributed by atoms with E-state index in [1.54, 1.807) is 12.1 Å². The second-order valence-electron chi connectivity index (χ2n) is 4.80. The first-order chi connectivity index (χ1) is 10.0. The van der Waals surface area contributed by atoms with Crippen LogP contribution in [0.3, 0.4) is 0 Å². The molecular weight excluding hydrogens is 313 g/mol. The van der Waals surface area contributed by atoms with Gasteiger partial charge in [-0.05, 0) is 37.0 Å². The van der Waals surface area contributed by atoms with Gasteiger partial charge in [-0.2, -0.15) is 0 Å². The largest absolute Gasteiger partial charge is 0.456 e. The van der Waals surface area contributed by atoms with Gasteiger partial charge in [0, 0.05) is 5.02 Å². The van der Waals surface area contributed by atoms with E-state index >= 15 is 0 Å². The highest BCUT2D eigenvalue weighted by atomic mass is 35.5. The molecule has 0 aliphatic heterocycles. The van der Waals surface area contributed by atoms with Gasteiger partial charge in [0.1, 0.15) is 0 Å². The van der Waals surface area contributed by atoms with E-state index in [2.05, 4.69) is 5.32 Å². The number of benzene rings is 1. The Labute approximate surface area is 133 Å². The van der Waals surface area contributed by atoms with Gasteiger partial charge in [-0.1, -0.05) is 35.4 Å². The van der Waals surface area contributed by atoms with E-state index in [1.165, 1.54) is 6.07 Å². The summed E-state index contributed by atoms with van der Waals surface area (Å²) in [6, 6.07) is 4.73. The van der Waals surface area contributed by atoms with Gasteiger partial charge < -0.3 is 10.1 Å². The van der Waals surface area contributed by atoms with Crippen molar-refractivity contribution in [3.63, 3.8) is 0 Å². The fourth-order valence-corrected chi connectivity index (χ4v) is 2.52. The van der Waals surface area contributed by atoms with Gasteiger partial charge in [-0.3, -0.25) is 9.59 Å². The van der Waals surface area contributed by atoms with E-state index in [4.69, 9.17) is 27.9 Å². The van der Waals surface area contributed by atoms with Crippen molar-refractivity contribution in [3.8, 4) is 0 Å². The summed E-state index contributed by atoms with van der Waals surface area (Å²) in [6.07, 6.45) is 6.32. The maximum atomic E-state index is 11.7. The van der Waals surface area contributed by atoms with Gasteiger partial charge >= 0.3 is 5.97 Å². The van der Waals surface area contributed by atoms with Crippen LogP contribution < -0.4 is 5.32 Å². The van der Waals surface area contributed by atoms with Crippen molar-refractivity contribution in [1.29, 1.82) is 0 Å². The zero-order valence-electron chi connectivity index (χ0n) is 11.3. The molecule has 0 bridgehead atoms. The van der Waals surface area contributed by atoms with Crippen molar-refractivity contribution in [2.24, 2.45) is 5.92 Å². The van der Waals surface area contributed by atoms with Crippen molar-refractivity contribution in [1.82, 2.24) is 0 Å². The molecule has 1 atom stereocenters. The van der Waals surface area contributed by atoms with Crippen molar-refractivity contribution >= 4 is 40.8 Å². The molecule has 4 nitrogen and oxygen atoms in total. The average Bonchev–Trinajstić information content (AvgIpc) is 2.92. The molecule has 0 heterocycles. The topological polar surface area (TPSA) is 55.4 Å². The number of ether oxygens (including phenoxy) is 1. The third-order valence-electron chi connectivity index (χ3n) is 3.11. The fraction of sp³-hybridized carbons (Fsp3) is 0.333. The smallest absolute Gasteiger partial charge is 0.306 e. The Morgan fingerprint density at radius 1 is 1.33 bits per heavy atom. The quantitative estimate of drug-likeness (QED) is 0.660. The normalized spacial score (nSPS) is 16.8. The van der Waals surface area contributed by atoms with E-state index in [0.29, 0.717) is 22.2 Å². The summed E-state index contributed by atoms with van der Waals surface area (Å²) in [5.41, 5.74) is 0.431. The Kier molecular flexibility index (Phi) is 5.65. The van der Waals surface area contributed by atoms with Crippen molar-refractivity contribution in [3.05, 3.63) is 40.4 Å². The van der Waals surface area contributed by atoms with Crippen LogP contribution in [-0.2, 0) is 14.3 Å². The number of halogens is 2. The maximum absolute atomic E-state index is 11.7. The minimum atomic E-state index is -0.436. The van der Waals surface area contributed by atoms with E-state index in [1.807, 2.05) is 12.2 Å². The van der Waals surface area contributed by atoms with E-state index in [0.717, 1.165) is 12.8 Å². The number of anilines is 1. The first-order valence-electron chi connectivity index (χ1n) is 6.62. The lowest BCUT2D eigenvalue weighted by atomic mass is 10.1. The van der Waals surface area contributed by atoms with Crippen LogP contribution in [0.25, 0.3) is 0 Å². The number of carbonyl (C=O) groups is 2. The van der Waals surface area contributed by atoms with Gasteiger partial charge in [0.2, 0.25) is 0 Å². The van der Waals surface area contributed by atoms with Gasteiger partial charge in [0.15, 0.2) is 6.61 Å². The third-order valence-corrected chi connectivity index (χ3v) is 3.66. The van der Waals surface area contributed by atoms with Crippen molar-refractivity contribution in [2.45, 2.75) is 19.3 Å². The Morgan fingerprint density at radius 2 is 2.14 bits per heavy atom. The van der Waals surface area contributed by atoms with Crippen LogP contribution in [0.4, 0.5) is 5.69 Å². The maximum Gasteiger partial charge on any atom is 0.306 e. The molecule has 1 amide bonds. The predicted molar refractivity (Wildman–Crippen MR) is 82.5 cm³/mol. The van der Waals surface area contributed by atoms with Crippen molar-refractivity contribution < 1.29 is 14.3 Å². The molecule has 0 unspecified atom stereocenters. The molecule has 1 aromatic carbocycles. The summed E-state index contributed by atoms with van der Waals surface area (Å²) in [5.74, 6) is -0.579. The highest BCUT2D eigenvalue weighted by molar-refractivity contribution is 6.36. The summed E-state index contributed by atoms with van der Waals surface area (Å²) in [7, 11) is 0. The lowest BCUT2D eigenvalue weighted by Gasteiger charge is -2.09. The lowest BCUT2D eigenvalue weighted by Crippen LogP contribution is -2.21.